The van der Waals surface area contributed by atoms with Gasteiger partial charge in [0.2, 0.25) is 5.82 Å². The van der Waals surface area contributed by atoms with Crippen LogP contribution in [0.25, 0.3) is 0 Å². The van der Waals surface area contributed by atoms with Gasteiger partial charge in [0.25, 0.3) is 0 Å². The average molecular weight is 200 g/mol. The van der Waals surface area contributed by atoms with Crippen LogP contribution in [0, 0.1) is 29.1 Å². The maximum absolute atomic E-state index is 12.0. The lowest BCUT2D eigenvalue weighted by Gasteiger charge is -1.96. The van der Waals surface area contributed by atoms with E-state index in [0.717, 1.165) is 0 Å². The molecule has 1 rings (SSSR count). The summed E-state index contributed by atoms with van der Waals surface area (Å²) in [5.41, 5.74) is 0. The van der Waals surface area contributed by atoms with Crippen molar-refractivity contribution in [2.45, 2.75) is 0 Å². The molecule has 0 unspecified atom stereocenters. The molecule has 0 N–H and O–H groups in total. The van der Waals surface area contributed by atoms with Gasteiger partial charge in [0.15, 0.2) is 23.3 Å². The molecule has 1 aromatic carbocycles. The molecule has 6 heteroatoms. The fourth-order valence-electron chi connectivity index (χ4n) is 0.544. The Balaban J connectivity index is 0.00000121. The lowest BCUT2D eigenvalue weighted by molar-refractivity contribution is 0.378. The summed E-state index contributed by atoms with van der Waals surface area (Å²) in [5.74, 6) is -9.65. The summed E-state index contributed by atoms with van der Waals surface area (Å²) < 4.78 is 60.0. The zero-order chi connectivity index (χ0) is 8.59. The van der Waals surface area contributed by atoms with Crippen molar-refractivity contribution >= 4 is 11.0 Å². The van der Waals surface area contributed by atoms with Gasteiger partial charge in [-0.1, -0.05) is 0 Å². The molecule has 0 amide bonds. The van der Waals surface area contributed by atoms with E-state index in [0.29, 0.717) is 0 Å². The van der Waals surface area contributed by atoms with Gasteiger partial charge in [-0.2, -0.15) is 0 Å². The standard InChI is InChI=1S/C6HF5.H4Si/c7-2-1-3(8)5(10)6(11)4(2)9;/h1H;1H4. The molecule has 0 aliphatic rings. The molecule has 12 heavy (non-hydrogen) atoms. The second-order valence-electron chi connectivity index (χ2n) is 1.78. The second-order valence-corrected chi connectivity index (χ2v) is 1.78. The SMILES string of the molecule is Fc1cc(F)c(F)c(F)c1F.[SiH4]. The van der Waals surface area contributed by atoms with Crippen molar-refractivity contribution in [3.05, 3.63) is 35.2 Å². The highest BCUT2D eigenvalue weighted by atomic mass is 28.1. The quantitative estimate of drug-likeness (QED) is 0.253. The number of hydrogen-bond acceptors (Lipinski definition) is 0. The minimum absolute atomic E-state index is 0. The molecule has 0 heterocycles. The van der Waals surface area contributed by atoms with Crippen molar-refractivity contribution in [3.63, 3.8) is 0 Å². The van der Waals surface area contributed by atoms with Gasteiger partial charge in [-0.15, -0.1) is 0 Å². The van der Waals surface area contributed by atoms with Crippen LogP contribution in [0.4, 0.5) is 22.0 Å². The van der Waals surface area contributed by atoms with Crippen molar-refractivity contribution in [2.24, 2.45) is 0 Å². The molecule has 68 valence electrons. The first-order valence-electron chi connectivity index (χ1n) is 2.52. The average Bonchev–Trinajstić information content (AvgIpc) is 1.97. The van der Waals surface area contributed by atoms with E-state index < -0.39 is 29.1 Å². The molecular weight excluding hydrogens is 195 g/mol. The van der Waals surface area contributed by atoms with E-state index in [4.69, 9.17) is 0 Å². The first-order valence-corrected chi connectivity index (χ1v) is 2.52. The van der Waals surface area contributed by atoms with Gasteiger partial charge in [-0.05, 0) is 11.0 Å². The summed E-state index contributed by atoms with van der Waals surface area (Å²) in [5, 5.41) is 0. The third-order valence-electron chi connectivity index (χ3n) is 1.06. The number of rotatable bonds is 0. The van der Waals surface area contributed by atoms with E-state index in [1.165, 1.54) is 0 Å². The Kier molecular flexibility index (Phi) is 3.38. The van der Waals surface area contributed by atoms with E-state index in [9.17, 15) is 22.0 Å². The maximum atomic E-state index is 12.0. The van der Waals surface area contributed by atoms with Crippen LogP contribution in [-0.2, 0) is 0 Å². The molecule has 0 spiro atoms. The largest absolute Gasteiger partial charge is 0.204 e. The Bertz CT molecular complexity index is 272. The van der Waals surface area contributed by atoms with Crippen molar-refractivity contribution in [1.82, 2.24) is 0 Å². The molecule has 0 aliphatic carbocycles. The van der Waals surface area contributed by atoms with E-state index in [1.807, 2.05) is 0 Å². The Labute approximate surface area is 69.0 Å². The maximum Gasteiger partial charge on any atom is 0.200 e. The van der Waals surface area contributed by atoms with Crippen LogP contribution in [0.5, 0.6) is 0 Å². The number of hydrogen-bond donors (Lipinski definition) is 0. The lowest BCUT2D eigenvalue weighted by Crippen LogP contribution is -1.98. The zero-order valence-corrected chi connectivity index (χ0v) is 4.97. The molecular formula is C6H5F5Si. The summed E-state index contributed by atoms with van der Waals surface area (Å²) >= 11 is 0. The molecule has 0 nitrogen and oxygen atoms in total. The number of halogens is 5. The van der Waals surface area contributed by atoms with Crippen molar-refractivity contribution in [2.75, 3.05) is 0 Å². The molecule has 1 aromatic rings. The van der Waals surface area contributed by atoms with Crippen LogP contribution in [0.2, 0.25) is 0 Å². The normalized spacial score (nSPS) is 9.42. The number of benzene rings is 1. The monoisotopic (exact) mass is 200 g/mol. The predicted molar refractivity (Wildman–Crippen MR) is 37.6 cm³/mol. The molecule has 0 bridgehead atoms. The van der Waals surface area contributed by atoms with Crippen LogP contribution >= 0.6 is 0 Å². The lowest BCUT2D eigenvalue weighted by atomic mass is 10.3. The van der Waals surface area contributed by atoms with E-state index in [2.05, 4.69) is 0 Å². The van der Waals surface area contributed by atoms with Crippen LogP contribution in [-0.4, -0.2) is 11.0 Å². The summed E-state index contributed by atoms with van der Waals surface area (Å²) in [4.78, 5) is 0. The van der Waals surface area contributed by atoms with Gasteiger partial charge in [-0.25, -0.2) is 22.0 Å². The Morgan fingerprint density at radius 1 is 0.667 bits per heavy atom. The Morgan fingerprint density at radius 2 is 1.00 bits per heavy atom. The molecule has 0 radical (unpaired) electrons. The third kappa shape index (κ3) is 1.63. The summed E-state index contributed by atoms with van der Waals surface area (Å²) in [6.07, 6.45) is 0. The van der Waals surface area contributed by atoms with E-state index in [-0.39, 0.29) is 17.0 Å². The second kappa shape index (κ2) is 3.66. The summed E-state index contributed by atoms with van der Waals surface area (Å²) in [6.45, 7) is 0. The summed E-state index contributed by atoms with van der Waals surface area (Å²) in [6, 6.07) is -0.0618. The molecule has 0 fully saturated rings. The molecule has 0 aliphatic heterocycles. The highest BCUT2D eigenvalue weighted by Gasteiger charge is 2.18. The molecule has 0 atom stereocenters. The van der Waals surface area contributed by atoms with Crippen LogP contribution in [0.3, 0.4) is 0 Å². The van der Waals surface area contributed by atoms with Crippen molar-refractivity contribution in [1.29, 1.82) is 0 Å². The Hall–Kier alpha value is -0.913. The highest BCUT2D eigenvalue weighted by Crippen LogP contribution is 2.16. The van der Waals surface area contributed by atoms with Crippen LogP contribution in [0.1, 0.15) is 0 Å². The molecule has 0 saturated carbocycles. The van der Waals surface area contributed by atoms with Crippen LogP contribution < -0.4 is 0 Å². The molecule has 0 aromatic heterocycles. The predicted octanol–water partition coefficient (Wildman–Crippen LogP) is 0.930. The Morgan fingerprint density at radius 3 is 1.33 bits per heavy atom. The fourth-order valence-corrected chi connectivity index (χ4v) is 0.544. The van der Waals surface area contributed by atoms with Gasteiger partial charge in [0.05, 0.1) is 0 Å². The highest BCUT2D eigenvalue weighted by molar-refractivity contribution is 5.75. The minimum Gasteiger partial charge on any atom is -0.204 e. The van der Waals surface area contributed by atoms with Gasteiger partial charge in [0, 0.05) is 6.07 Å². The molecule has 0 saturated heterocycles. The van der Waals surface area contributed by atoms with Gasteiger partial charge in [0.1, 0.15) is 0 Å². The zero-order valence-electron chi connectivity index (χ0n) is 4.97. The van der Waals surface area contributed by atoms with E-state index >= 15 is 0 Å². The smallest absolute Gasteiger partial charge is 0.200 e. The van der Waals surface area contributed by atoms with Crippen molar-refractivity contribution in [3.8, 4) is 0 Å². The van der Waals surface area contributed by atoms with Crippen molar-refractivity contribution < 1.29 is 22.0 Å². The topological polar surface area (TPSA) is 0 Å². The fraction of sp³-hybridized carbons (Fsp3) is 0. The van der Waals surface area contributed by atoms with Gasteiger partial charge in [-0.3, -0.25) is 0 Å². The first-order chi connectivity index (χ1) is 5.04. The van der Waals surface area contributed by atoms with Gasteiger partial charge < -0.3 is 0 Å². The third-order valence-corrected chi connectivity index (χ3v) is 1.06. The minimum atomic E-state index is -2.14. The summed E-state index contributed by atoms with van der Waals surface area (Å²) in [7, 11) is 0. The van der Waals surface area contributed by atoms with Crippen LogP contribution in [0.15, 0.2) is 6.07 Å². The van der Waals surface area contributed by atoms with E-state index in [1.54, 1.807) is 0 Å². The van der Waals surface area contributed by atoms with Gasteiger partial charge >= 0.3 is 0 Å². The first kappa shape index (κ1) is 11.1.